The van der Waals surface area contributed by atoms with E-state index < -0.39 is 6.10 Å². The summed E-state index contributed by atoms with van der Waals surface area (Å²) in [7, 11) is 0. The lowest BCUT2D eigenvalue weighted by Gasteiger charge is -2.18. The van der Waals surface area contributed by atoms with Crippen molar-refractivity contribution < 1.29 is 28.6 Å². The van der Waals surface area contributed by atoms with Crippen molar-refractivity contribution >= 4 is 17.9 Å². The van der Waals surface area contributed by atoms with Gasteiger partial charge >= 0.3 is 17.9 Å². The summed E-state index contributed by atoms with van der Waals surface area (Å²) in [6, 6.07) is 0. The number of ether oxygens (including phenoxy) is 3. The smallest absolute Gasteiger partial charge is 0.306 e. The van der Waals surface area contributed by atoms with Crippen LogP contribution in [0.25, 0.3) is 0 Å². The molecule has 6 nitrogen and oxygen atoms in total. The molecule has 72 heavy (non-hydrogen) atoms. The SMILES string of the molecule is CC/C=C\C/C=C\C/C=C\CCCCCC(=O)OCC(COC(=O)CCCCCCCCCCCCCCCCC/C=C\C/C=C\CCCCCCC)OC(=O)CCCCCCC/C=C\CCCCCCC. The summed E-state index contributed by atoms with van der Waals surface area (Å²) in [5, 5.41) is 0. The van der Waals surface area contributed by atoms with E-state index in [0.29, 0.717) is 19.3 Å². The Kier molecular flexibility index (Phi) is 57.8. The molecule has 0 aliphatic rings. The molecule has 0 spiro atoms. The van der Waals surface area contributed by atoms with Crippen LogP contribution >= 0.6 is 0 Å². The zero-order valence-electron chi connectivity index (χ0n) is 47.7. The van der Waals surface area contributed by atoms with E-state index in [4.69, 9.17) is 14.2 Å². The number of allylic oxidation sites excluding steroid dienone is 12. The van der Waals surface area contributed by atoms with Crippen LogP contribution in [0.2, 0.25) is 0 Å². The van der Waals surface area contributed by atoms with Crippen LogP contribution in [0.1, 0.15) is 310 Å². The van der Waals surface area contributed by atoms with Gasteiger partial charge < -0.3 is 14.2 Å². The molecule has 0 aromatic rings. The normalized spacial score (nSPS) is 12.5. The Morgan fingerprint density at radius 3 is 0.875 bits per heavy atom. The Morgan fingerprint density at radius 1 is 0.292 bits per heavy atom. The van der Waals surface area contributed by atoms with Crippen molar-refractivity contribution in [3.63, 3.8) is 0 Å². The van der Waals surface area contributed by atoms with E-state index in [2.05, 4.69) is 93.7 Å². The third-order valence-electron chi connectivity index (χ3n) is 13.4. The van der Waals surface area contributed by atoms with Crippen LogP contribution in [0.5, 0.6) is 0 Å². The molecular weight excluding hydrogens is 889 g/mol. The molecule has 0 aromatic carbocycles. The van der Waals surface area contributed by atoms with Gasteiger partial charge in [-0.05, 0) is 109 Å². The third kappa shape index (κ3) is 57.7. The van der Waals surface area contributed by atoms with Gasteiger partial charge in [-0.25, -0.2) is 0 Å². The largest absolute Gasteiger partial charge is 0.462 e. The van der Waals surface area contributed by atoms with Gasteiger partial charge in [0.05, 0.1) is 0 Å². The quantitative estimate of drug-likeness (QED) is 0.0261. The van der Waals surface area contributed by atoms with E-state index in [1.807, 2.05) is 0 Å². The molecule has 6 heteroatoms. The summed E-state index contributed by atoms with van der Waals surface area (Å²) >= 11 is 0. The average molecular weight is 1010 g/mol. The molecule has 0 aromatic heterocycles. The van der Waals surface area contributed by atoms with Gasteiger partial charge in [-0.1, -0.05) is 254 Å². The summed E-state index contributed by atoms with van der Waals surface area (Å²) in [6.45, 7) is 6.50. The second-order valence-corrected chi connectivity index (χ2v) is 20.6. The van der Waals surface area contributed by atoms with E-state index in [0.717, 1.165) is 103 Å². The van der Waals surface area contributed by atoms with Gasteiger partial charge in [-0.3, -0.25) is 14.4 Å². The maximum Gasteiger partial charge on any atom is 0.306 e. The molecule has 0 aliphatic carbocycles. The lowest BCUT2D eigenvalue weighted by Crippen LogP contribution is -2.30. The topological polar surface area (TPSA) is 78.9 Å². The molecule has 0 rings (SSSR count). The first-order valence-corrected chi connectivity index (χ1v) is 30.9. The zero-order valence-corrected chi connectivity index (χ0v) is 47.7. The average Bonchev–Trinajstić information content (AvgIpc) is 3.38. The van der Waals surface area contributed by atoms with Gasteiger partial charge in [0.1, 0.15) is 13.2 Å². The van der Waals surface area contributed by atoms with Crippen LogP contribution in [0.3, 0.4) is 0 Å². The van der Waals surface area contributed by atoms with Crippen molar-refractivity contribution in [1.29, 1.82) is 0 Å². The molecule has 0 N–H and O–H groups in total. The second kappa shape index (κ2) is 60.4. The standard InChI is InChI=1S/C66H116O6/c1-4-7-10-13-16-19-22-25-27-28-29-30-31-32-33-34-35-36-37-38-39-42-44-47-50-53-56-59-65(68)71-62-63(61-70-64(67)58-55-52-49-46-43-40-24-21-18-15-12-9-6-3)72-66(69)60-57-54-51-48-45-41-26-23-20-17-14-11-8-5-2/h9,12,18,21-23,25-26,28-29,40,43,63H,4-8,10-11,13-17,19-20,24,27,30-39,41-42,44-62H2,1-3H3/b12-9-,21-18-,25-22-,26-23-,29-28-,43-40-. The van der Waals surface area contributed by atoms with Crippen molar-refractivity contribution in [2.24, 2.45) is 0 Å². The van der Waals surface area contributed by atoms with E-state index in [1.54, 1.807) is 0 Å². The molecule has 1 atom stereocenters. The minimum Gasteiger partial charge on any atom is -0.462 e. The molecule has 0 aliphatic heterocycles. The summed E-state index contributed by atoms with van der Waals surface area (Å²) in [4.78, 5) is 38.2. The number of esters is 3. The number of hydrogen-bond donors (Lipinski definition) is 0. The highest BCUT2D eigenvalue weighted by molar-refractivity contribution is 5.71. The fourth-order valence-corrected chi connectivity index (χ4v) is 8.78. The molecular formula is C66H116O6. The number of carbonyl (C=O) groups excluding carboxylic acids is 3. The van der Waals surface area contributed by atoms with Crippen LogP contribution in [0, 0.1) is 0 Å². The van der Waals surface area contributed by atoms with Gasteiger partial charge in [0.15, 0.2) is 6.10 Å². The van der Waals surface area contributed by atoms with Gasteiger partial charge in [-0.15, -0.1) is 0 Å². The molecule has 0 bridgehead atoms. The summed E-state index contributed by atoms with van der Waals surface area (Å²) < 4.78 is 16.9. The lowest BCUT2D eigenvalue weighted by molar-refractivity contribution is -0.167. The van der Waals surface area contributed by atoms with Gasteiger partial charge in [-0.2, -0.15) is 0 Å². The third-order valence-corrected chi connectivity index (χ3v) is 13.4. The van der Waals surface area contributed by atoms with Crippen molar-refractivity contribution in [1.82, 2.24) is 0 Å². The molecule has 1 unspecified atom stereocenters. The molecule has 0 amide bonds. The molecule has 416 valence electrons. The molecule has 0 fully saturated rings. The predicted octanol–water partition coefficient (Wildman–Crippen LogP) is 20.9. The Bertz CT molecular complexity index is 1340. The fraction of sp³-hybridized carbons (Fsp3) is 0.773. The monoisotopic (exact) mass is 1000 g/mol. The van der Waals surface area contributed by atoms with Gasteiger partial charge in [0.2, 0.25) is 0 Å². The van der Waals surface area contributed by atoms with Crippen molar-refractivity contribution in [3.8, 4) is 0 Å². The number of rotatable bonds is 56. The van der Waals surface area contributed by atoms with Crippen LogP contribution in [-0.4, -0.2) is 37.2 Å². The minimum absolute atomic E-state index is 0.0866. The van der Waals surface area contributed by atoms with Gasteiger partial charge in [0, 0.05) is 19.3 Å². The van der Waals surface area contributed by atoms with Gasteiger partial charge in [0.25, 0.3) is 0 Å². The highest BCUT2D eigenvalue weighted by Gasteiger charge is 2.19. The molecule has 0 saturated heterocycles. The van der Waals surface area contributed by atoms with Crippen molar-refractivity contribution in [3.05, 3.63) is 72.9 Å². The summed E-state index contributed by atoms with van der Waals surface area (Å²) in [6.07, 6.45) is 77.7. The Balaban J connectivity index is 4.24. The maximum absolute atomic E-state index is 12.8. The fourth-order valence-electron chi connectivity index (χ4n) is 8.78. The van der Waals surface area contributed by atoms with Crippen LogP contribution in [-0.2, 0) is 28.6 Å². The van der Waals surface area contributed by atoms with Crippen molar-refractivity contribution in [2.45, 2.75) is 316 Å². The summed E-state index contributed by atoms with van der Waals surface area (Å²) in [5.41, 5.74) is 0. The highest BCUT2D eigenvalue weighted by atomic mass is 16.6. The molecule has 0 saturated carbocycles. The van der Waals surface area contributed by atoms with E-state index in [-0.39, 0.29) is 31.1 Å². The number of hydrogen-bond acceptors (Lipinski definition) is 6. The first-order valence-electron chi connectivity index (χ1n) is 30.9. The zero-order chi connectivity index (χ0) is 52.2. The van der Waals surface area contributed by atoms with Crippen LogP contribution in [0.4, 0.5) is 0 Å². The predicted molar refractivity (Wildman–Crippen MR) is 311 cm³/mol. The number of unbranched alkanes of at least 4 members (excludes halogenated alkanes) is 33. The molecule has 0 radical (unpaired) electrons. The Hall–Kier alpha value is -3.15. The first kappa shape index (κ1) is 68.8. The lowest BCUT2D eigenvalue weighted by atomic mass is 10.0. The molecule has 0 heterocycles. The Morgan fingerprint density at radius 2 is 0.542 bits per heavy atom. The van der Waals surface area contributed by atoms with E-state index >= 15 is 0 Å². The van der Waals surface area contributed by atoms with E-state index in [9.17, 15) is 14.4 Å². The van der Waals surface area contributed by atoms with Crippen LogP contribution in [0.15, 0.2) is 72.9 Å². The minimum atomic E-state index is -0.791. The highest BCUT2D eigenvalue weighted by Crippen LogP contribution is 2.16. The van der Waals surface area contributed by atoms with Crippen molar-refractivity contribution in [2.75, 3.05) is 13.2 Å². The second-order valence-electron chi connectivity index (χ2n) is 20.6. The Labute approximate surface area is 446 Å². The summed E-state index contributed by atoms with van der Waals surface area (Å²) in [5.74, 6) is -0.916. The first-order chi connectivity index (χ1) is 35.5. The van der Waals surface area contributed by atoms with E-state index in [1.165, 1.54) is 167 Å². The van der Waals surface area contributed by atoms with Crippen LogP contribution < -0.4 is 0 Å². The maximum atomic E-state index is 12.8. The number of carbonyl (C=O) groups is 3.